The highest BCUT2D eigenvalue weighted by atomic mass is 32.2. The van der Waals surface area contributed by atoms with Gasteiger partial charge in [-0.25, -0.2) is 13.4 Å². The fraction of sp³-hybridized carbons (Fsp3) is 0.391. The van der Waals surface area contributed by atoms with Crippen molar-refractivity contribution in [2.45, 2.75) is 43.4 Å². The van der Waals surface area contributed by atoms with E-state index in [2.05, 4.69) is 4.98 Å². The number of carbonyl (C=O) groups excluding carboxylic acids is 1. The maximum absolute atomic E-state index is 13.4. The van der Waals surface area contributed by atoms with E-state index in [-0.39, 0.29) is 11.8 Å². The third kappa shape index (κ3) is 3.64. The van der Waals surface area contributed by atoms with Crippen LogP contribution in [0.5, 0.6) is 0 Å². The molecule has 2 aliphatic heterocycles. The number of fused-ring (bicyclic) bond motifs is 1. The van der Waals surface area contributed by atoms with E-state index < -0.39 is 10.0 Å². The van der Waals surface area contributed by atoms with Crippen LogP contribution in [0.2, 0.25) is 0 Å². The summed E-state index contributed by atoms with van der Waals surface area (Å²) in [6, 6.07) is 12.8. The molecule has 162 valence electrons. The molecule has 2 saturated heterocycles. The lowest BCUT2D eigenvalue weighted by molar-refractivity contribution is -0.117. The fourth-order valence-electron chi connectivity index (χ4n) is 4.58. The van der Waals surface area contributed by atoms with Crippen molar-refractivity contribution in [1.82, 2.24) is 9.29 Å². The molecule has 8 heteroatoms. The van der Waals surface area contributed by atoms with E-state index >= 15 is 0 Å². The molecule has 3 heterocycles. The summed E-state index contributed by atoms with van der Waals surface area (Å²) in [5, 5.41) is 0. The molecule has 1 aromatic heterocycles. The largest absolute Gasteiger partial charge is 0.440 e. The van der Waals surface area contributed by atoms with Gasteiger partial charge in [0.15, 0.2) is 11.5 Å². The maximum Gasteiger partial charge on any atom is 0.243 e. The summed E-state index contributed by atoms with van der Waals surface area (Å²) < 4.78 is 34.3. The van der Waals surface area contributed by atoms with Gasteiger partial charge in [-0.2, -0.15) is 4.31 Å². The third-order valence-electron chi connectivity index (χ3n) is 6.21. The van der Waals surface area contributed by atoms with Crippen LogP contribution in [0, 0.1) is 6.92 Å². The molecule has 2 aliphatic rings. The second kappa shape index (κ2) is 7.76. The zero-order chi connectivity index (χ0) is 21.6. The van der Waals surface area contributed by atoms with E-state index in [1.165, 1.54) is 0 Å². The number of anilines is 1. The van der Waals surface area contributed by atoms with Crippen molar-refractivity contribution in [1.29, 1.82) is 0 Å². The smallest absolute Gasteiger partial charge is 0.243 e. The Morgan fingerprint density at radius 2 is 1.94 bits per heavy atom. The van der Waals surface area contributed by atoms with E-state index in [0.717, 1.165) is 36.0 Å². The average molecular weight is 440 g/mol. The van der Waals surface area contributed by atoms with E-state index in [9.17, 15) is 13.2 Å². The molecule has 31 heavy (non-hydrogen) atoms. The van der Waals surface area contributed by atoms with Crippen LogP contribution >= 0.6 is 0 Å². The summed E-state index contributed by atoms with van der Waals surface area (Å²) in [5.41, 5.74) is 2.93. The number of oxazole rings is 1. The highest BCUT2D eigenvalue weighted by Gasteiger charge is 2.34. The van der Waals surface area contributed by atoms with Crippen LogP contribution in [-0.4, -0.2) is 43.2 Å². The van der Waals surface area contributed by atoms with E-state index in [1.54, 1.807) is 34.3 Å². The summed E-state index contributed by atoms with van der Waals surface area (Å²) in [5.74, 6) is 0.616. The summed E-state index contributed by atoms with van der Waals surface area (Å²) in [7, 11) is -3.66. The van der Waals surface area contributed by atoms with Crippen LogP contribution in [0.4, 0.5) is 5.69 Å². The molecule has 0 radical (unpaired) electrons. The predicted octanol–water partition coefficient (Wildman–Crippen LogP) is 3.83. The molecule has 3 aromatic rings. The summed E-state index contributed by atoms with van der Waals surface area (Å²) in [6.45, 7) is 3.30. The molecule has 0 aliphatic carbocycles. The number of rotatable bonds is 4. The van der Waals surface area contributed by atoms with Crippen molar-refractivity contribution in [3.8, 4) is 0 Å². The normalized spacial score (nSPS) is 20.6. The first-order valence-corrected chi connectivity index (χ1v) is 12.1. The molecule has 0 N–H and O–H groups in total. The number of carbonyl (C=O) groups is 1. The number of hydrogen-bond acceptors (Lipinski definition) is 5. The number of piperidine rings is 1. The molecule has 2 fully saturated rings. The molecule has 5 rings (SSSR count). The Balaban J connectivity index is 1.40. The quantitative estimate of drug-likeness (QED) is 0.617. The standard InChI is InChI=1S/C23H25N3O4S/c1-16-14-18(26-13-5-9-22(26)27)10-11-21(16)31(28,29)25-12-4-6-17(15-25)23-24-19-7-2-3-8-20(19)30-23/h2-3,7-8,10-11,14,17H,4-6,9,12-13,15H2,1H3. The fourth-order valence-corrected chi connectivity index (χ4v) is 6.31. The van der Waals surface area contributed by atoms with Gasteiger partial charge in [-0.1, -0.05) is 12.1 Å². The Kier molecular flexibility index (Phi) is 5.06. The highest BCUT2D eigenvalue weighted by Crippen LogP contribution is 2.33. The molecule has 0 spiro atoms. The van der Waals surface area contributed by atoms with Gasteiger partial charge in [-0.15, -0.1) is 0 Å². The van der Waals surface area contributed by atoms with Crippen molar-refractivity contribution in [3.05, 3.63) is 53.9 Å². The summed E-state index contributed by atoms with van der Waals surface area (Å²) in [4.78, 5) is 18.6. The number of benzene rings is 2. The molecule has 7 nitrogen and oxygen atoms in total. The molecular formula is C23H25N3O4S. The molecule has 1 unspecified atom stereocenters. The van der Waals surface area contributed by atoms with Gasteiger partial charge in [-0.05, 0) is 62.1 Å². The second-order valence-electron chi connectivity index (χ2n) is 8.32. The molecule has 0 bridgehead atoms. The van der Waals surface area contributed by atoms with E-state index in [1.807, 2.05) is 24.3 Å². The number of para-hydroxylation sites is 2. The molecule has 0 saturated carbocycles. The van der Waals surface area contributed by atoms with E-state index in [0.29, 0.717) is 42.4 Å². The first-order valence-electron chi connectivity index (χ1n) is 10.7. The summed E-state index contributed by atoms with van der Waals surface area (Å²) in [6.07, 6.45) is 2.98. The first-order chi connectivity index (χ1) is 14.9. The van der Waals surface area contributed by atoms with Crippen molar-refractivity contribution in [2.75, 3.05) is 24.5 Å². The highest BCUT2D eigenvalue weighted by molar-refractivity contribution is 7.89. The van der Waals surface area contributed by atoms with Crippen LogP contribution in [0.3, 0.4) is 0 Å². The topological polar surface area (TPSA) is 83.7 Å². The lowest BCUT2D eigenvalue weighted by Gasteiger charge is -2.31. The van der Waals surface area contributed by atoms with Gasteiger partial charge in [0.25, 0.3) is 0 Å². The average Bonchev–Trinajstić information content (AvgIpc) is 3.39. The van der Waals surface area contributed by atoms with Gasteiger partial charge in [0.2, 0.25) is 15.9 Å². The number of sulfonamides is 1. The van der Waals surface area contributed by atoms with Gasteiger partial charge < -0.3 is 9.32 Å². The zero-order valence-corrected chi connectivity index (χ0v) is 18.3. The second-order valence-corrected chi connectivity index (χ2v) is 10.2. The number of hydrogen-bond donors (Lipinski definition) is 0. The SMILES string of the molecule is Cc1cc(N2CCCC2=O)ccc1S(=O)(=O)N1CCCC(c2nc3ccccc3o2)C1. The number of aromatic nitrogens is 1. The van der Waals surface area contributed by atoms with Crippen molar-refractivity contribution in [3.63, 3.8) is 0 Å². The van der Waals surface area contributed by atoms with Crippen LogP contribution in [0.15, 0.2) is 51.8 Å². The Hall–Kier alpha value is -2.71. The van der Waals surface area contributed by atoms with Crippen LogP contribution < -0.4 is 4.90 Å². The Bertz CT molecular complexity index is 1220. The molecule has 2 aromatic carbocycles. The monoisotopic (exact) mass is 439 g/mol. The van der Waals surface area contributed by atoms with Gasteiger partial charge in [0.05, 0.1) is 4.90 Å². The first kappa shape index (κ1) is 20.2. The van der Waals surface area contributed by atoms with Crippen LogP contribution in [-0.2, 0) is 14.8 Å². The maximum atomic E-state index is 13.4. The van der Waals surface area contributed by atoms with Crippen LogP contribution in [0.25, 0.3) is 11.1 Å². The number of amides is 1. The minimum absolute atomic E-state index is 0.0716. The Morgan fingerprint density at radius 1 is 1.10 bits per heavy atom. The molecule has 1 amide bonds. The minimum atomic E-state index is -3.66. The van der Waals surface area contributed by atoms with Crippen molar-refractivity contribution >= 4 is 32.7 Å². The lowest BCUT2D eigenvalue weighted by Crippen LogP contribution is -2.39. The predicted molar refractivity (Wildman–Crippen MR) is 118 cm³/mol. The summed E-state index contributed by atoms with van der Waals surface area (Å²) >= 11 is 0. The van der Waals surface area contributed by atoms with Gasteiger partial charge in [-0.3, -0.25) is 4.79 Å². The molecular weight excluding hydrogens is 414 g/mol. The van der Waals surface area contributed by atoms with E-state index in [4.69, 9.17) is 4.42 Å². The lowest BCUT2D eigenvalue weighted by atomic mass is 10.00. The minimum Gasteiger partial charge on any atom is -0.440 e. The molecule has 1 atom stereocenters. The Labute approximate surface area is 181 Å². The zero-order valence-electron chi connectivity index (χ0n) is 17.5. The number of aryl methyl sites for hydroxylation is 1. The van der Waals surface area contributed by atoms with Crippen LogP contribution in [0.1, 0.15) is 43.1 Å². The Morgan fingerprint density at radius 3 is 2.68 bits per heavy atom. The van der Waals surface area contributed by atoms with Crippen molar-refractivity contribution < 1.29 is 17.6 Å². The third-order valence-corrected chi connectivity index (χ3v) is 8.23. The number of nitrogens with zero attached hydrogens (tertiary/aromatic N) is 3. The van der Waals surface area contributed by atoms with Gasteiger partial charge in [0.1, 0.15) is 5.52 Å². The van der Waals surface area contributed by atoms with Crippen molar-refractivity contribution in [2.24, 2.45) is 0 Å². The van der Waals surface area contributed by atoms with Gasteiger partial charge in [0, 0.05) is 37.7 Å². The van der Waals surface area contributed by atoms with Gasteiger partial charge >= 0.3 is 0 Å².